The molecule has 1 heterocycles. The third-order valence-corrected chi connectivity index (χ3v) is 2.85. The van der Waals surface area contributed by atoms with Crippen LogP contribution in [0.25, 0.3) is 22.2 Å². The molecule has 4 nitrogen and oxygen atoms in total. The molecule has 0 aliphatic carbocycles. The van der Waals surface area contributed by atoms with E-state index in [4.69, 9.17) is 0 Å². The second-order valence-corrected chi connectivity index (χ2v) is 3.99. The fraction of sp³-hybridized carbons (Fsp3) is 0.0769. The Morgan fingerprint density at radius 1 is 1.18 bits per heavy atom. The second kappa shape index (κ2) is 3.59. The maximum Gasteiger partial charge on any atom is 0.128 e. The summed E-state index contributed by atoms with van der Waals surface area (Å²) in [6, 6.07) is 11.5. The maximum atomic E-state index is 10.2. The zero-order chi connectivity index (χ0) is 11.8. The fourth-order valence-electron chi connectivity index (χ4n) is 1.99. The van der Waals surface area contributed by atoms with Crippen LogP contribution in [0.15, 0.2) is 36.4 Å². The normalized spacial score (nSPS) is 10.9. The number of aromatic amines is 1. The molecule has 0 saturated carbocycles. The molecule has 0 aliphatic heterocycles. The number of aryl methyl sites for hydroxylation is 1. The lowest BCUT2D eigenvalue weighted by Crippen LogP contribution is -1.85. The van der Waals surface area contributed by atoms with Crippen molar-refractivity contribution >= 4 is 11.0 Å². The van der Waals surface area contributed by atoms with Crippen LogP contribution in [0.3, 0.4) is 0 Å². The summed E-state index contributed by atoms with van der Waals surface area (Å²) in [7, 11) is 0. The van der Waals surface area contributed by atoms with Crippen molar-refractivity contribution in [2.45, 2.75) is 6.92 Å². The van der Waals surface area contributed by atoms with Gasteiger partial charge in [0, 0.05) is 0 Å². The van der Waals surface area contributed by atoms with Crippen molar-refractivity contribution in [3.63, 3.8) is 0 Å². The van der Waals surface area contributed by atoms with E-state index in [-0.39, 0.29) is 5.75 Å². The monoisotopic (exact) mass is 225 g/mol. The quantitative estimate of drug-likeness (QED) is 0.669. The van der Waals surface area contributed by atoms with Gasteiger partial charge >= 0.3 is 0 Å². The van der Waals surface area contributed by atoms with Gasteiger partial charge in [-0.1, -0.05) is 35.5 Å². The standard InChI is InChI=1S/C13H11N3O/c1-8-7-10-12(15-16-14-10)11(13(8)17)9-5-3-2-4-6-9/h2-7,17H,1H3,(H,14,15,16). The van der Waals surface area contributed by atoms with Crippen molar-refractivity contribution in [2.24, 2.45) is 0 Å². The molecule has 1 aromatic heterocycles. The Bertz CT molecular complexity index is 674. The first-order chi connectivity index (χ1) is 8.27. The number of phenolic OH excluding ortho intramolecular Hbond substituents is 1. The van der Waals surface area contributed by atoms with E-state index in [1.54, 1.807) is 0 Å². The van der Waals surface area contributed by atoms with Crippen LogP contribution in [-0.4, -0.2) is 20.5 Å². The molecule has 0 unspecified atom stereocenters. The van der Waals surface area contributed by atoms with E-state index < -0.39 is 0 Å². The van der Waals surface area contributed by atoms with Crippen LogP contribution in [0.1, 0.15) is 5.56 Å². The minimum absolute atomic E-state index is 0.262. The highest BCUT2D eigenvalue weighted by Gasteiger charge is 2.14. The first-order valence-corrected chi connectivity index (χ1v) is 5.36. The van der Waals surface area contributed by atoms with Gasteiger partial charge in [-0.2, -0.15) is 0 Å². The van der Waals surface area contributed by atoms with E-state index in [2.05, 4.69) is 15.4 Å². The summed E-state index contributed by atoms with van der Waals surface area (Å²) in [5, 5.41) is 20.8. The van der Waals surface area contributed by atoms with Crippen LogP contribution in [0.2, 0.25) is 0 Å². The number of hydrogen-bond donors (Lipinski definition) is 2. The minimum Gasteiger partial charge on any atom is -0.507 e. The first-order valence-electron chi connectivity index (χ1n) is 5.36. The van der Waals surface area contributed by atoms with Crippen LogP contribution < -0.4 is 0 Å². The number of fused-ring (bicyclic) bond motifs is 1. The van der Waals surface area contributed by atoms with Crippen LogP contribution in [0, 0.1) is 6.92 Å². The molecule has 0 bridgehead atoms. The van der Waals surface area contributed by atoms with Crippen molar-refractivity contribution in [3.8, 4) is 16.9 Å². The maximum absolute atomic E-state index is 10.2. The number of nitrogens with zero attached hydrogens (tertiary/aromatic N) is 2. The average molecular weight is 225 g/mol. The van der Waals surface area contributed by atoms with Crippen molar-refractivity contribution in [1.29, 1.82) is 0 Å². The van der Waals surface area contributed by atoms with Gasteiger partial charge in [-0.25, -0.2) is 0 Å². The Kier molecular flexibility index (Phi) is 2.08. The number of aromatic nitrogens is 3. The smallest absolute Gasteiger partial charge is 0.128 e. The molecule has 0 radical (unpaired) electrons. The Morgan fingerprint density at radius 3 is 2.71 bits per heavy atom. The molecule has 0 amide bonds. The number of benzene rings is 2. The molecular weight excluding hydrogens is 214 g/mol. The molecule has 4 heteroatoms. The number of aromatic hydroxyl groups is 1. The van der Waals surface area contributed by atoms with Crippen LogP contribution in [-0.2, 0) is 0 Å². The van der Waals surface area contributed by atoms with Crippen molar-refractivity contribution in [3.05, 3.63) is 42.0 Å². The summed E-state index contributed by atoms with van der Waals surface area (Å²) in [5.74, 6) is 0.262. The van der Waals surface area contributed by atoms with Gasteiger partial charge in [0.05, 0.1) is 11.1 Å². The molecule has 2 N–H and O–H groups in total. The van der Waals surface area contributed by atoms with Gasteiger partial charge < -0.3 is 5.11 Å². The number of phenols is 1. The van der Waals surface area contributed by atoms with E-state index in [1.165, 1.54) is 0 Å². The molecule has 0 atom stereocenters. The Balaban J connectivity index is 2.42. The van der Waals surface area contributed by atoms with Crippen LogP contribution in [0.4, 0.5) is 0 Å². The molecule has 0 aliphatic rings. The number of rotatable bonds is 1. The van der Waals surface area contributed by atoms with Gasteiger partial charge in [0.25, 0.3) is 0 Å². The molecule has 0 saturated heterocycles. The zero-order valence-corrected chi connectivity index (χ0v) is 9.31. The van der Waals surface area contributed by atoms with Gasteiger partial charge in [0.1, 0.15) is 11.3 Å². The summed E-state index contributed by atoms with van der Waals surface area (Å²) in [5.41, 5.74) is 4.00. The highest BCUT2D eigenvalue weighted by atomic mass is 16.3. The Labute approximate surface area is 97.9 Å². The van der Waals surface area contributed by atoms with Crippen molar-refractivity contribution in [2.75, 3.05) is 0 Å². The number of nitrogens with one attached hydrogen (secondary N) is 1. The molecule has 3 aromatic rings. The first kappa shape index (κ1) is 9.84. The van der Waals surface area contributed by atoms with Crippen LogP contribution in [0.5, 0.6) is 5.75 Å². The lowest BCUT2D eigenvalue weighted by atomic mass is 10.00. The second-order valence-electron chi connectivity index (χ2n) is 3.99. The summed E-state index contributed by atoms with van der Waals surface area (Å²) < 4.78 is 0. The predicted molar refractivity (Wildman–Crippen MR) is 65.7 cm³/mol. The van der Waals surface area contributed by atoms with Gasteiger partial charge in [0.15, 0.2) is 0 Å². The summed E-state index contributed by atoms with van der Waals surface area (Å²) in [6.45, 7) is 1.86. The van der Waals surface area contributed by atoms with Gasteiger partial charge in [-0.3, -0.25) is 5.10 Å². The van der Waals surface area contributed by atoms with Gasteiger partial charge in [-0.05, 0) is 24.1 Å². The minimum atomic E-state index is 0.262. The molecule has 17 heavy (non-hydrogen) atoms. The Morgan fingerprint density at radius 2 is 1.94 bits per heavy atom. The predicted octanol–water partition coefficient (Wildman–Crippen LogP) is 2.64. The summed E-state index contributed by atoms with van der Waals surface area (Å²) in [4.78, 5) is 0. The third-order valence-electron chi connectivity index (χ3n) is 2.85. The Hall–Kier alpha value is -2.36. The van der Waals surface area contributed by atoms with Crippen LogP contribution >= 0.6 is 0 Å². The fourth-order valence-corrected chi connectivity index (χ4v) is 1.99. The molecular formula is C13H11N3O. The van der Waals surface area contributed by atoms with Crippen molar-refractivity contribution in [1.82, 2.24) is 15.4 Å². The number of hydrogen-bond acceptors (Lipinski definition) is 3. The van der Waals surface area contributed by atoms with E-state index >= 15 is 0 Å². The molecule has 0 fully saturated rings. The molecule has 2 aromatic carbocycles. The third kappa shape index (κ3) is 1.45. The largest absolute Gasteiger partial charge is 0.507 e. The average Bonchev–Trinajstić information content (AvgIpc) is 2.79. The van der Waals surface area contributed by atoms with Crippen molar-refractivity contribution < 1.29 is 5.11 Å². The summed E-state index contributed by atoms with van der Waals surface area (Å²) in [6.07, 6.45) is 0. The number of H-pyrrole nitrogens is 1. The SMILES string of the molecule is Cc1cc2[nH]nnc2c(-c2ccccc2)c1O. The molecule has 84 valence electrons. The highest BCUT2D eigenvalue weighted by molar-refractivity contribution is 5.95. The summed E-state index contributed by atoms with van der Waals surface area (Å²) >= 11 is 0. The molecule has 3 rings (SSSR count). The van der Waals surface area contributed by atoms with E-state index in [9.17, 15) is 5.11 Å². The highest BCUT2D eigenvalue weighted by Crippen LogP contribution is 2.36. The zero-order valence-electron chi connectivity index (χ0n) is 9.31. The topological polar surface area (TPSA) is 61.8 Å². The molecule has 0 spiro atoms. The van der Waals surface area contributed by atoms with E-state index in [1.807, 2.05) is 43.3 Å². The van der Waals surface area contributed by atoms with E-state index in [0.717, 1.165) is 22.2 Å². The van der Waals surface area contributed by atoms with Gasteiger partial charge in [0.2, 0.25) is 0 Å². The van der Waals surface area contributed by atoms with E-state index in [0.29, 0.717) is 5.52 Å². The van der Waals surface area contributed by atoms with Gasteiger partial charge in [-0.15, -0.1) is 5.10 Å². The lowest BCUT2D eigenvalue weighted by molar-refractivity contribution is 0.474. The lowest BCUT2D eigenvalue weighted by Gasteiger charge is -2.07.